The number of ether oxygens (including phenoxy) is 2. The highest BCUT2D eigenvalue weighted by molar-refractivity contribution is 6.03. The molecule has 0 aliphatic heterocycles. The van der Waals surface area contributed by atoms with Crippen LogP contribution in [0.1, 0.15) is 55.8 Å². The molecule has 1 aromatic heterocycles. The van der Waals surface area contributed by atoms with Crippen LogP contribution in [0.2, 0.25) is 0 Å². The summed E-state index contributed by atoms with van der Waals surface area (Å²) < 4.78 is 15.5. The minimum Gasteiger partial charge on any atom is -0.504 e. The van der Waals surface area contributed by atoms with Gasteiger partial charge in [-0.2, -0.15) is 0 Å². The van der Waals surface area contributed by atoms with Gasteiger partial charge in [0.25, 0.3) is 0 Å². The van der Waals surface area contributed by atoms with Crippen LogP contribution in [0.5, 0.6) is 11.5 Å². The van der Waals surface area contributed by atoms with Gasteiger partial charge in [0.05, 0.1) is 18.6 Å². The van der Waals surface area contributed by atoms with E-state index >= 15 is 0 Å². The van der Waals surface area contributed by atoms with Crippen LogP contribution in [-0.2, 0) is 4.74 Å². The molecule has 0 saturated carbocycles. The molecule has 1 aromatic carbocycles. The summed E-state index contributed by atoms with van der Waals surface area (Å²) in [6.45, 7) is 1.96. The second-order valence-corrected chi connectivity index (χ2v) is 6.23. The van der Waals surface area contributed by atoms with E-state index in [2.05, 4.69) is 6.92 Å². The second kappa shape index (κ2) is 10.6. The number of esters is 1. The van der Waals surface area contributed by atoms with E-state index in [1.54, 1.807) is 0 Å². The van der Waals surface area contributed by atoms with Crippen molar-refractivity contribution in [1.82, 2.24) is 0 Å². The standard InChI is InChI=1S/C20H26O7/c1-2-3-4-5-6-7-12-25-18-16(22)14-9-8-10-15(17(14)27-20(18)24)19(23)26-13-11-21/h8-10,21-22H,2-7,11-13H2,1H3. The van der Waals surface area contributed by atoms with Crippen LogP contribution >= 0.6 is 0 Å². The van der Waals surface area contributed by atoms with Crippen molar-refractivity contribution < 1.29 is 28.9 Å². The molecular formula is C20H26O7. The van der Waals surface area contributed by atoms with Crippen molar-refractivity contribution in [2.45, 2.75) is 45.4 Å². The molecule has 0 fully saturated rings. The first-order chi connectivity index (χ1) is 13.1. The minimum atomic E-state index is -0.853. The maximum atomic E-state index is 12.2. The van der Waals surface area contributed by atoms with Crippen LogP contribution in [0, 0.1) is 0 Å². The maximum Gasteiger partial charge on any atom is 0.383 e. The Hall–Kier alpha value is -2.54. The van der Waals surface area contributed by atoms with Crippen LogP contribution in [0.3, 0.4) is 0 Å². The molecule has 0 aliphatic rings. The van der Waals surface area contributed by atoms with Crippen molar-refractivity contribution in [3.05, 3.63) is 34.2 Å². The lowest BCUT2D eigenvalue weighted by molar-refractivity contribution is 0.0434. The Balaban J connectivity index is 2.13. The van der Waals surface area contributed by atoms with Crippen molar-refractivity contribution in [2.24, 2.45) is 0 Å². The first-order valence-corrected chi connectivity index (χ1v) is 9.29. The van der Waals surface area contributed by atoms with Crippen molar-refractivity contribution >= 4 is 16.9 Å². The third-order valence-corrected chi connectivity index (χ3v) is 4.15. The molecular weight excluding hydrogens is 352 g/mol. The molecule has 0 radical (unpaired) electrons. The van der Waals surface area contributed by atoms with E-state index in [4.69, 9.17) is 19.0 Å². The van der Waals surface area contributed by atoms with E-state index < -0.39 is 11.6 Å². The second-order valence-electron chi connectivity index (χ2n) is 6.23. The molecule has 0 aliphatic carbocycles. The molecule has 27 heavy (non-hydrogen) atoms. The number of aromatic hydroxyl groups is 1. The molecule has 2 aromatic rings. The van der Waals surface area contributed by atoms with Gasteiger partial charge in [-0.15, -0.1) is 0 Å². The number of hydrogen-bond donors (Lipinski definition) is 2. The summed E-state index contributed by atoms with van der Waals surface area (Å²) in [4.78, 5) is 24.2. The maximum absolute atomic E-state index is 12.2. The normalized spacial score (nSPS) is 10.9. The fourth-order valence-electron chi connectivity index (χ4n) is 2.75. The lowest BCUT2D eigenvalue weighted by Gasteiger charge is -2.10. The SMILES string of the molecule is CCCCCCCCOc1c(O)c2cccc(C(=O)OCCO)c2oc1=O. The highest BCUT2D eigenvalue weighted by Gasteiger charge is 2.20. The Kier molecular flexibility index (Phi) is 8.13. The largest absolute Gasteiger partial charge is 0.504 e. The summed E-state index contributed by atoms with van der Waals surface area (Å²) in [5, 5.41) is 19.4. The molecule has 0 spiro atoms. The summed E-state index contributed by atoms with van der Waals surface area (Å²) in [6, 6.07) is 4.48. The van der Waals surface area contributed by atoms with E-state index in [9.17, 15) is 14.7 Å². The highest BCUT2D eigenvalue weighted by Crippen LogP contribution is 2.33. The van der Waals surface area contributed by atoms with E-state index in [0.29, 0.717) is 6.61 Å². The zero-order valence-electron chi connectivity index (χ0n) is 15.5. The van der Waals surface area contributed by atoms with Crippen LogP contribution in [-0.4, -0.2) is 36.0 Å². The number of fused-ring (bicyclic) bond motifs is 1. The van der Waals surface area contributed by atoms with Gasteiger partial charge in [-0.3, -0.25) is 0 Å². The van der Waals surface area contributed by atoms with Gasteiger partial charge in [0, 0.05) is 0 Å². The number of carbonyl (C=O) groups excluding carboxylic acids is 1. The molecule has 2 rings (SSSR count). The summed E-state index contributed by atoms with van der Waals surface area (Å²) >= 11 is 0. The third kappa shape index (κ3) is 5.47. The molecule has 0 unspecified atom stereocenters. The lowest BCUT2D eigenvalue weighted by atomic mass is 10.1. The fraction of sp³-hybridized carbons (Fsp3) is 0.500. The van der Waals surface area contributed by atoms with Gasteiger partial charge in [-0.25, -0.2) is 9.59 Å². The number of unbranched alkanes of at least 4 members (excludes halogenated alkanes) is 5. The van der Waals surface area contributed by atoms with Gasteiger partial charge in [0.1, 0.15) is 12.2 Å². The number of para-hydroxylation sites is 1. The zero-order valence-corrected chi connectivity index (χ0v) is 15.5. The van der Waals surface area contributed by atoms with Crippen molar-refractivity contribution in [2.75, 3.05) is 19.8 Å². The van der Waals surface area contributed by atoms with Gasteiger partial charge in [0.2, 0.25) is 5.75 Å². The predicted molar refractivity (Wildman–Crippen MR) is 100 cm³/mol. The first kappa shape index (κ1) is 20.8. The molecule has 0 saturated heterocycles. The number of benzene rings is 1. The number of aliphatic hydroxyl groups excluding tert-OH is 1. The predicted octanol–water partition coefficient (Wildman–Crippen LogP) is 3.39. The molecule has 0 atom stereocenters. The average Bonchev–Trinajstić information content (AvgIpc) is 2.67. The van der Waals surface area contributed by atoms with E-state index in [1.165, 1.54) is 37.5 Å². The summed E-state index contributed by atoms with van der Waals surface area (Å²) in [6.07, 6.45) is 6.43. The number of carbonyl (C=O) groups is 1. The van der Waals surface area contributed by atoms with Crippen LogP contribution in [0.15, 0.2) is 27.4 Å². The number of hydrogen-bond acceptors (Lipinski definition) is 7. The summed E-state index contributed by atoms with van der Waals surface area (Å²) in [5.41, 5.74) is -0.931. The number of rotatable bonds is 11. The monoisotopic (exact) mass is 378 g/mol. The average molecular weight is 378 g/mol. The quantitative estimate of drug-likeness (QED) is 0.351. The Bertz CT molecular complexity index is 810. The summed E-state index contributed by atoms with van der Waals surface area (Å²) in [7, 11) is 0. The smallest absolute Gasteiger partial charge is 0.383 e. The Morgan fingerprint density at radius 3 is 2.59 bits per heavy atom. The Labute approximate surface area is 157 Å². The van der Waals surface area contributed by atoms with Crippen molar-refractivity contribution in [3.8, 4) is 11.5 Å². The Morgan fingerprint density at radius 1 is 1.11 bits per heavy atom. The molecule has 0 bridgehead atoms. The molecule has 7 heteroatoms. The van der Waals surface area contributed by atoms with Crippen molar-refractivity contribution in [3.63, 3.8) is 0 Å². The van der Waals surface area contributed by atoms with Gasteiger partial charge >= 0.3 is 11.6 Å². The van der Waals surface area contributed by atoms with Crippen LogP contribution in [0.4, 0.5) is 0 Å². The third-order valence-electron chi connectivity index (χ3n) is 4.15. The number of aliphatic hydroxyl groups is 1. The van der Waals surface area contributed by atoms with E-state index in [0.717, 1.165) is 19.3 Å². The lowest BCUT2D eigenvalue weighted by Crippen LogP contribution is -2.12. The van der Waals surface area contributed by atoms with Gasteiger partial charge in [-0.05, 0) is 18.6 Å². The summed E-state index contributed by atoms with van der Waals surface area (Å²) in [5.74, 6) is -1.36. The highest BCUT2D eigenvalue weighted by atomic mass is 16.5. The topological polar surface area (TPSA) is 106 Å². The van der Waals surface area contributed by atoms with Gasteiger partial charge in [0.15, 0.2) is 11.3 Å². The van der Waals surface area contributed by atoms with E-state index in [1.807, 2.05) is 0 Å². The van der Waals surface area contributed by atoms with E-state index in [-0.39, 0.29) is 41.2 Å². The molecule has 2 N–H and O–H groups in total. The van der Waals surface area contributed by atoms with Crippen molar-refractivity contribution in [1.29, 1.82) is 0 Å². The molecule has 148 valence electrons. The van der Waals surface area contributed by atoms with Crippen LogP contribution < -0.4 is 10.4 Å². The van der Waals surface area contributed by atoms with Gasteiger partial charge in [-0.1, -0.05) is 45.1 Å². The molecule has 1 heterocycles. The Morgan fingerprint density at radius 2 is 1.85 bits per heavy atom. The molecule has 0 amide bonds. The minimum absolute atomic E-state index is 0.00387. The first-order valence-electron chi connectivity index (χ1n) is 9.29. The zero-order chi connectivity index (χ0) is 19.6. The molecule has 7 nitrogen and oxygen atoms in total. The van der Waals surface area contributed by atoms with Gasteiger partial charge < -0.3 is 24.1 Å². The van der Waals surface area contributed by atoms with Crippen LogP contribution in [0.25, 0.3) is 11.0 Å². The fourth-order valence-corrected chi connectivity index (χ4v) is 2.75.